The van der Waals surface area contributed by atoms with Crippen LogP contribution in [0.4, 0.5) is 0 Å². The lowest BCUT2D eigenvalue weighted by Crippen LogP contribution is -2.00. The molecule has 0 saturated carbocycles. The Bertz CT molecular complexity index is 606. The van der Waals surface area contributed by atoms with E-state index in [1.807, 2.05) is 12.1 Å². The average molecular weight is 258 g/mol. The number of aliphatic carboxylic acids is 1. The first kappa shape index (κ1) is 11.9. The summed E-state index contributed by atoms with van der Waals surface area (Å²) in [4.78, 5) is 14.8. The van der Waals surface area contributed by atoms with Gasteiger partial charge in [-0.1, -0.05) is 29.4 Å². The summed E-state index contributed by atoms with van der Waals surface area (Å²) in [5.74, 6) is 0.400. The lowest BCUT2D eigenvalue weighted by Gasteiger charge is -2.05. The number of carboxylic acids is 1. The van der Waals surface area contributed by atoms with Gasteiger partial charge < -0.3 is 9.63 Å². The molecule has 0 amide bonds. The highest BCUT2D eigenvalue weighted by atomic mass is 16.5. The van der Waals surface area contributed by atoms with Crippen LogP contribution in [-0.2, 0) is 17.6 Å². The van der Waals surface area contributed by atoms with Crippen LogP contribution in [-0.4, -0.2) is 21.2 Å². The third kappa shape index (κ3) is 2.36. The van der Waals surface area contributed by atoms with Gasteiger partial charge in [0.2, 0.25) is 5.89 Å². The molecule has 0 radical (unpaired) electrons. The molecule has 1 aliphatic rings. The molecule has 5 nitrogen and oxygen atoms in total. The number of hydrogen-bond acceptors (Lipinski definition) is 4. The van der Waals surface area contributed by atoms with Gasteiger partial charge >= 0.3 is 5.97 Å². The summed E-state index contributed by atoms with van der Waals surface area (Å²) in [6.45, 7) is 0. The highest BCUT2D eigenvalue weighted by Crippen LogP contribution is 2.36. The van der Waals surface area contributed by atoms with E-state index in [2.05, 4.69) is 22.3 Å². The minimum absolute atomic E-state index is 0.0168. The van der Waals surface area contributed by atoms with Crippen LogP contribution in [0.25, 0.3) is 0 Å². The van der Waals surface area contributed by atoms with Gasteiger partial charge in [0.05, 0.1) is 6.42 Å². The Balaban J connectivity index is 1.79. The van der Waals surface area contributed by atoms with Crippen molar-refractivity contribution in [3.05, 3.63) is 47.1 Å². The molecule has 0 spiro atoms. The zero-order valence-electron chi connectivity index (χ0n) is 10.4. The molecule has 0 bridgehead atoms. The zero-order valence-corrected chi connectivity index (χ0v) is 10.4. The fourth-order valence-electron chi connectivity index (χ4n) is 2.55. The largest absolute Gasteiger partial charge is 0.481 e. The van der Waals surface area contributed by atoms with Gasteiger partial charge in [-0.05, 0) is 24.0 Å². The van der Waals surface area contributed by atoms with Gasteiger partial charge in [0.25, 0.3) is 0 Å². The van der Waals surface area contributed by atoms with E-state index >= 15 is 0 Å². The molecular formula is C14H14N2O3. The topological polar surface area (TPSA) is 76.2 Å². The fraction of sp³-hybridized carbons (Fsp3) is 0.357. The highest BCUT2D eigenvalue weighted by Gasteiger charge is 2.27. The number of fused-ring (bicyclic) bond motifs is 1. The van der Waals surface area contributed by atoms with Crippen LogP contribution in [0.2, 0.25) is 0 Å². The van der Waals surface area contributed by atoms with Gasteiger partial charge in [-0.2, -0.15) is 4.98 Å². The van der Waals surface area contributed by atoms with Crippen molar-refractivity contribution in [1.82, 2.24) is 10.1 Å². The SMILES string of the molecule is O=C(O)CCc1nc(C2CCc3ccccc32)no1. The van der Waals surface area contributed by atoms with Gasteiger partial charge in [0.1, 0.15) is 0 Å². The standard InChI is InChI=1S/C14H14N2O3/c17-13(18)8-7-12-15-14(16-19-12)11-6-5-9-3-1-2-4-10(9)11/h1-4,11H,5-8H2,(H,17,18). The van der Waals surface area contributed by atoms with Crippen molar-refractivity contribution in [2.24, 2.45) is 0 Å². The Morgan fingerprint density at radius 2 is 2.26 bits per heavy atom. The summed E-state index contributed by atoms with van der Waals surface area (Å²) in [7, 11) is 0. The number of carboxylic acid groups (broad SMARTS) is 1. The minimum Gasteiger partial charge on any atom is -0.481 e. The van der Waals surface area contributed by atoms with E-state index in [1.165, 1.54) is 11.1 Å². The molecule has 0 aliphatic heterocycles. The van der Waals surface area contributed by atoms with E-state index in [0.717, 1.165) is 12.8 Å². The Labute approximate surface area is 110 Å². The fourth-order valence-corrected chi connectivity index (χ4v) is 2.55. The number of aromatic nitrogens is 2. The predicted molar refractivity (Wildman–Crippen MR) is 66.9 cm³/mol. The van der Waals surface area contributed by atoms with Crippen molar-refractivity contribution in [2.45, 2.75) is 31.6 Å². The van der Waals surface area contributed by atoms with Crippen molar-refractivity contribution in [3.8, 4) is 0 Å². The number of rotatable bonds is 4. The third-order valence-electron chi connectivity index (χ3n) is 3.48. The second-order valence-corrected chi connectivity index (χ2v) is 4.73. The molecule has 98 valence electrons. The molecule has 2 aromatic rings. The monoisotopic (exact) mass is 258 g/mol. The molecule has 0 saturated heterocycles. The average Bonchev–Trinajstić information content (AvgIpc) is 3.02. The molecule has 0 fully saturated rings. The van der Waals surface area contributed by atoms with Crippen LogP contribution in [0, 0.1) is 0 Å². The van der Waals surface area contributed by atoms with E-state index in [0.29, 0.717) is 11.7 Å². The Morgan fingerprint density at radius 3 is 3.11 bits per heavy atom. The molecule has 1 N–H and O–H groups in total. The number of hydrogen-bond donors (Lipinski definition) is 1. The highest BCUT2D eigenvalue weighted by molar-refractivity contribution is 5.66. The molecular weight excluding hydrogens is 244 g/mol. The van der Waals surface area contributed by atoms with Crippen LogP contribution >= 0.6 is 0 Å². The van der Waals surface area contributed by atoms with Crippen LogP contribution < -0.4 is 0 Å². The maximum atomic E-state index is 10.5. The van der Waals surface area contributed by atoms with Crippen LogP contribution in [0.1, 0.15) is 41.6 Å². The van der Waals surface area contributed by atoms with Crippen molar-refractivity contribution in [3.63, 3.8) is 0 Å². The first-order chi connectivity index (χ1) is 9.24. The molecule has 19 heavy (non-hydrogen) atoms. The predicted octanol–water partition coefficient (Wildman–Crippen LogP) is 2.16. The summed E-state index contributed by atoms with van der Waals surface area (Å²) >= 11 is 0. The third-order valence-corrected chi connectivity index (χ3v) is 3.48. The molecule has 1 aromatic carbocycles. The maximum absolute atomic E-state index is 10.5. The first-order valence-electron chi connectivity index (χ1n) is 6.36. The molecule has 1 aromatic heterocycles. The number of nitrogens with zero attached hydrogens (tertiary/aromatic N) is 2. The molecule has 1 atom stereocenters. The van der Waals surface area contributed by atoms with Crippen molar-refractivity contribution < 1.29 is 14.4 Å². The smallest absolute Gasteiger partial charge is 0.303 e. The van der Waals surface area contributed by atoms with Crippen molar-refractivity contribution in [1.29, 1.82) is 0 Å². The van der Waals surface area contributed by atoms with E-state index in [4.69, 9.17) is 9.63 Å². The van der Waals surface area contributed by atoms with Gasteiger partial charge in [-0.25, -0.2) is 0 Å². The quantitative estimate of drug-likeness (QED) is 0.909. The summed E-state index contributed by atoms with van der Waals surface area (Å²) in [6.07, 6.45) is 2.32. The van der Waals surface area contributed by atoms with Gasteiger partial charge in [-0.3, -0.25) is 4.79 Å². The van der Waals surface area contributed by atoms with E-state index < -0.39 is 5.97 Å². The van der Waals surface area contributed by atoms with Gasteiger partial charge in [0.15, 0.2) is 5.82 Å². The summed E-state index contributed by atoms with van der Waals surface area (Å²) < 4.78 is 5.12. The Kier molecular flexibility index (Phi) is 3.03. The van der Waals surface area contributed by atoms with E-state index in [9.17, 15) is 4.79 Å². The van der Waals surface area contributed by atoms with Gasteiger partial charge in [-0.15, -0.1) is 0 Å². The molecule has 3 rings (SSSR count). The first-order valence-corrected chi connectivity index (χ1v) is 6.36. The summed E-state index contributed by atoms with van der Waals surface area (Å²) in [5, 5.41) is 12.6. The molecule has 5 heteroatoms. The van der Waals surface area contributed by atoms with E-state index in [1.54, 1.807) is 0 Å². The second-order valence-electron chi connectivity index (χ2n) is 4.73. The van der Waals surface area contributed by atoms with Crippen LogP contribution in [0.5, 0.6) is 0 Å². The van der Waals surface area contributed by atoms with E-state index in [-0.39, 0.29) is 18.8 Å². The molecule has 1 heterocycles. The summed E-state index contributed by atoms with van der Waals surface area (Å²) in [6, 6.07) is 8.28. The Morgan fingerprint density at radius 1 is 1.42 bits per heavy atom. The zero-order chi connectivity index (χ0) is 13.2. The minimum atomic E-state index is -0.856. The normalized spacial score (nSPS) is 17.4. The van der Waals surface area contributed by atoms with Crippen LogP contribution in [0.3, 0.4) is 0 Å². The number of carbonyl (C=O) groups is 1. The summed E-state index contributed by atoms with van der Waals surface area (Å²) in [5.41, 5.74) is 2.59. The molecule has 1 unspecified atom stereocenters. The number of aryl methyl sites for hydroxylation is 2. The van der Waals surface area contributed by atoms with Crippen molar-refractivity contribution in [2.75, 3.05) is 0 Å². The number of benzene rings is 1. The molecule has 1 aliphatic carbocycles. The lowest BCUT2D eigenvalue weighted by atomic mass is 10.0. The maximum Gasteiger partial charge on any atom is 0.303 e. The van der Waals surface area contributed by atoms with Crippen molar-refractivity contribution >= 4 is 5.97 Å². The van der Waals surface area contributed by atoms with Gasteiger partial charge in [0, 0.05) is 12.3 Å². The van der Waals surface area contributed by atoms with Crippen LogP contribution in [0.15, 0.2) is 28.8 Å². The lowest BCUT2D eigenvalue weighted by molar-refractivity contribution is -0.137. The second kappa shape index (κ2) is 4.84. The Hall–Kier alpha value is -2.17.